The van der Waals surface area contributed by atoms with Gasteiger partial charge in [0, 0.05) is 12.6 Å². The van der Waals surface area contributed by atoms with Crippen molar-refractivity contribution >= 4 is 16.9 Å². The molecule has 0 bridgehead atoms. The molecule has 5 nitrogen and oxygen atoms in total. The van der Waals surface area contributed by atoms with Crippen molar-refractivity contribution in [3.63, 3.8) is 0 Å². The highest BCUT2D eigenvalue weighted by Gasteiger charge is 2.19. The van der Waals surface area contributed by atoms with Crippen molar-refractivity contribution in [3.05, 3.63) is 30.1 Å². The van der Waals surface area contributed by atoms with Gasteiger partial charge in [-0.15, -0.1) is 0 Å². The number of fused-ring (bicyclic) bond motifs is 1. The summed E-state index contributed by atoms with van der Waals surface area (Å²) in [5.74, 6) is 0.924. The van der Waals surface area contributed by atoms with E-state index in [9.17, 15) is 4.79 Å². The van der Waals surface area contributed by atoms with E-state index in [1.807, 2.05) is 59.0 Å². The number of amides is 1. The van der Waals surface area contributed by atoms with Gasteiger partial charge in [-0.3, -0.25) is 10.1 Å². The molecule has 1 aromatic heterocycles. The van der Waals surface area contributed by atoms with Crippen LogP contribution in [0, 0.1) is 0 Å². The van der Waals surface area contributed by atoms with Gasteiger partial charge in [-0.05, 0) is 39.8 Å². The first-order valence-electron chi connectivity index (χ1n) is 7.23. The molecule has 0 saturated carbocycles. The Kier molecular flexibility index (Phi) is 4.32. The van der Waals surface area contributed by atoms with E-state index in [0.717, 1.165) is 16.9 Å². The maximum atomic E-state index is 12.0. The standard InChI is InChI=1S/C16H24N4O/c1-11(15(21)19-16(2,3)4)17-10-14-18-12-8-6-7-9-13(12)20(14)5/h6-9,11,17H,10H2,1-5H3,(H,19,21). The van der Waals surface area contributed by atoms with E-state index < -0.39 is 0 Å². The van der Waals surface area contributed by atoms with E-state index in [2.05, 4.69) is 20.2 Å². The zero-order valence-corrected chi connectivity index (χ0v) is 13.4. The molecule has 0 aliphatic carbocycles. The number of carbonyl (C=O) groups excluding carboxylic acids is 1. The number of benzene rings is 1. The predicted octanol–water partition coefficient (Wildman–Crippen LogP) is 1.97. The average Bonchev–Trinajstić information content (AvgIpc) is 2.71. The van der Waals surface area contributed by atoms with Gasteiger partial charge in [0.1, 0.15) is 5.82 Å². The zero-order valence-electron chi connectivity index (χ0n) is 13.4. The molecule has 2 aromatic rings. The average molecular weight is 288 g/mol. The summed E-state index contributed by atoms with van der Waals surface area (Å²) in [6.07, 6.45) is 0. The minimum absolute atomic E-state index is 0.00117. The van der Waals surface area contributed by atoms with Crippen LogP contribution in [0.15, 0.2) is 24.3 Å². The topological polar surface area (TPSA) is 59.0 Å². The molecule has 1 unspecified atom stereocenters. The maximum Gasteiger partial charge on any atom is 0.237 e. The summed E-state index contributed by atoms with van der Waals surface area (Å²) in [6, 6.07) is 7.76. The highest BCUT2D eigenvalue weighted by molar-refractivity contribution is 5.82. The first-order chi connectivity index (χ1) is 9.78. The lowest BCUT2D eigenvalue weighted by atomic mass is 10.1. The SMILES string of the molecule is CC(NCc1nc2ccccc2n1C)C(=O)NC(C)(C)C. The summed E-state index contributed by atoms with van der Waals surface area (Å²) >= 11 is 0. The van der Waals surface area contributed by atoms with Gasteiger partial charge in [-0.2, -0.15) is 0 Å². The summed E-state index contributed by atoms with van der Waals surface area (Å²) in [7, 11) is 1.99. The van der Waals surface area contributed by atoms with Gasteiger partial charge in [-0.25, -0.2) is 4.98 Å². The number of carbonyl (C=O) groups is 1. The predicted molar refractivity (Wildman–Crippen MR) is 84.9 cm³/mol. The van der Waals surface area contributed by atoms with Crippen LogP contribution in [0.25, 0.3) is 11.0 Å². The van der Waals surface area contributed by atoms with Gasteiger partial charge >= 0.3 is 0 Å². The van der Waals surface area contributed by atoms with Crippen molar-refractivity contribution in [2.75, 3.05) is 0 Å². The molecular formula is C16H24N4O. The number of rotatable bonds is 4. The summed E-state index contributed by atoms with van der Waals surface area (Å²) in [5.41, 5.74) is 1.86. The van der Waals surface area contributed by atoms with Gasteiger partial charge in [-0.1, -0.05) is 12.1 Å². The number of aromatic nitrogens is 2. The number of imidazole rings is 1. The summed E-state index contributed by atoms with van der Waals surface area (Å²) < 4.78 is 2.05. The van der Waals surface area contributed by atoms with Crippen molar-refractivity contribution in [3.8, 4) is 0 Å². The van der Waals surface area contributed by atoms with E-state index in [1.54, 1.807) is 0 Å². The third kappa shape index (κ3) is 3.82. The minimum atomic E-state index is -0.260. The molecule has 2 rings (SSSR count). The van der Waals surface area contributed by atoms with E-state index in [1.165, 1.54) is 0 Å². The smallest absolute Gasteiger partial charge is 0.237 e. The Bertz CT molecular complexity index is 639. The Morgan fingerprint density at radius 1 is 1.33 bits per heavy atom. The van der Waals surface area contributed by atoms with Gasteiger partial charge in [0.25, 0.3) is 0 Å². The number of hydrogen-bond donors (Lipinski definition) is 2. The second-order valence-corrected chi connectivity index (χ2v) is 6.42. The fourth-order valence-corrected chi connectivity index (χ4v) is 2.17. The zero-order chi connectivity index (χ0) is 15.6. The molecule has 1 aromatic carbocycles. The lowest BCUT2D eigenvalue weighted by Gasteiger charge is -2.23. The van der Waals surface area contributed by atoms with Crippen LogP contribution in [-0.2, 0) is 18.4 Å². The molecule has 0 fully saturated rings. The maximum absolute atomic E-state index is 12.0. The molecule has 1 amide bonds. The van der Waals surface area contributed by atoms with Crippen molar-refractivity contribution in [2.24, 2.45) is 7.05 Å². The van der Waals surface area contributed by atoms with Crippen molar-refractivity contribution in [1.29, 1.82) is 0 Å². The van der Waals surface area contributed by atoms with Crippen LogP contribution in [0.2, 0.25) is 0 Å². The number of hydrogen-bond acceptors (Lipinski definition) is 3. The van der Waals surface area contributed by atoms with Gasteiger partial charge in [0.2, 0.25) is 5.91 Å². The normalized spacial score (nSPS) is 13.4. The highest BCUT2D eigenvalue weighted by Crippen LogP contribution is 2.14. The van der Waals surface area contributed by atoms with Crippen LogP contribution >= 0.6 is 0 Å². The van der Waals surface area contributed by atoms with E-state index in [4.69, 9.17) is 0 Å². The van der Waals surface area contributed by atoms with Crippen LogP contribution in [0.3, 0.4) is 0 Å². The Morgan fingerprint density at radius 2 is 2.00 bits per heavy atom. The molecule has 0 aliphatic rings. The Labute approximate surface area is 125 Å². The quantitative estimate of drug-likeness (QED) is 0.904. The number of para-hydroxylation sites is 2. The van der Waals surface area contributed by atoms with E-state index >= 15 is 0 Å². The van der Waals surface area contributed by atoms with E-state index in [-0.39, 0.29) is 17.5 Å². The molecule has 0 saturated heterocycles. The molecule has 114 valence electrons. The molecule has 0 aliphatic heterocycles. The number of aryl methyl sites for hydroxylation is 1. The Hall–Kier alpha value is -1.88. The summed E-state index contributed by atoms with van der Waals surface area (Å²) in [4.78, 5) is 16.6. The van der Waals surface area contributed by atoms with Crippen molar-refractivity contribution in [1.82, 2.24) is 20.2 Å². The number of nitrogens with zero attached hydrogens (tertiary/aromatic N) is 2. The first-order valence-corrected chi connectivity index (χ1v) is 7.23. The fourth-order valence-electron chi connectivity index (χ4n) is 2.17. The monoisotopic (exact) mass is 288 g/mol. The van der Waals surface area contributed by atoms with Gasteiger partial charge in [0.05, 0.1) is 23.6 Å². The fraction of sp³-hybridized carbons (Fsp3) is 0.500. The molecule has 0 spiro atoms. The van der Waals surface area contributed by atoms with Crippen molar-refractivity contribution in [2.45, 2.75) is 45.8 Å². The largest absolute Gasteiger partial charge is 0.350 e. The molecule has 1 heterocycles. The summed E-state index contributed by atoms with van der Waals surface area (Å²) in [6.45, 7) is 8.35. The van der Waals surface area contributed by atoms with Crippen LogP contribution in [0.4, 0.5) is 0 Å². The molecule has 2 N–H and O–H groups in total. The third-order valence-corrected chi connectivity index (χ3v) is 3.34. The second kappa shape index (κ2) is 5.85. The van der Waals surface area contributed by atoms with Gasteiger partial charge < -0.3 is 9.88 Å². The van der Waals surface area contributed by atoms with Crippen molar-refractivity contribution < 1.29 is 4.79 Å². The number of nitrogens with one attached hydrogen (secondary N) is 2. The molecule has 5 heteroatoms. The minimum Gasteiger partial charge on any atom is -0.350 e. The molecular weight excluding hydrogens is 264 g/mol. The van der Waals surface area contributed by atoms with Crippen LogP contribution in [0.1, 0.15) is 33.5 Å². The highest BCUT2D eigenvalue weighted by atomic mass is 16.2. The Balaban J connectivity index is 2.01. The van der Waals surface area contributed by atoms with Crippen LogP contribution < -0.4 is 10.6 Å². The summed E-state index contributed by atoms with van der Waals surface area (Å²) in [5, 5.41) is 6.20. The molecule has 1 atom stereocenters. The molecule has 21 heavy (non-hydrogen) atoms. The first kappa shape index (κ1) is 15.5. The van der Waals surface area contributed by atoms with Gasteiger partial charge in [0.15, 0.2) is 0 Å². The van der Waals surface area contributed by atoms with Crippen LogP contribution in [0.5, 0.6) is 0 Å². The van der Waals surface area contributed by atoms with E-state index in [0.29, 0.717) is 6.54 Å². The molecule has 0 radical (unpaired) electrons. The lowest BCUT2D eigenvalue weighted by molar-refractivity contribution is -0.124. The Morgan fingerprint density at radius 3 is 2.62 bits per heavy atom. The lowest BCUT2D eigenvalue weighted by Crippen LogP contribution is -2.49. The second-order valence-electron chi connectivity index (χ2n) is 6.42. The van der Waals surface area contributed by atoms with Crippen LogP contribution in [-0.4, -0.2) is 27.0 Å². The third-order valence-electron chi connectivity index (χ3n) is 3.34.